The van der Waals surface area contributed by atoms with Crippen LogP contribution in [0.2, 0.25) is 0 Å². The molecule has 0 aliphatic rings. The maximum Gasteiger partial charge on any atom is 0.143 e. The summed E-state index contributed by atoms with van der Waals surface area (Å²) in [6, 6.07) is 0. The topological polar surface area (TPSA) is 40.7 Å². The number of rotatable bonds is 2. The van der Waals surface area contributed by atoms with Crippen molar-refractivity contribution in [1.82, 2.24) is 9.97 Å². The molecule has 8 heavy (non-hydrogen) atoms. The molecule has 0 unspecified atom stereocenters. The second kappa shape index (κ2) is 2.35. The van der Waals surface area contributed by atoms with Gasteiger partial charge in [0.05, 0.1) is 6.33 Å². The highest BCUT2D eigenvalue weighted by molar-refractivity contribution is 5.29. The molecule has 0 saturated carbocycles. The van der Waals surface area contributed by atoms with Gasteiger partial charge in [0, 0.05) is 12.7 Å². The van der Waals surface area contributed by atoms with Crippen molar-refractivity contribution in [3.8, 4) is 0 Å². The maximum absolute atomic E-state index is 3.94. The Morgan fingerprint density at radius 3 is 3.25 bits per heavy atom. The van der Waals surface area contributed by atoms with Gasteiger partial charge in [0.15, 0.2) is 0 Å². The highest BCUT2D eigenvalue weighted by Gasteiger charge is 1.84. The molecule has 0 aliphatic heterocycles. The van der Waals surface area contributed by atoms with Crippen molar-refractivity contribution in [2.24, 2.45) is 0 Å². The van der Waals surface area contributed by atoms with Crippen LogP contribution in [-0.4, -0.2) is 16.5 Å². The second-order valence-electron chi connectivity index (χ2n) is 1.48. The number of nitrogens with zero attached hydrogens (tertiary/aromatic N) is 1. The maximum atomic E-state index is 3.94. The number of aromatic nitrogens is 2. The van der Waals surface area contributed by atoms with Crippen LogP contribution in [0.15, 0.2) is 12.5 Å². The predicted octanol–water partition coefficient (Wildman–Crippen LogP) is 0.841. The molecule has 0 spiro atoms. The van der Waals surface area contributed by atoms with Crippen LogP contribution >= 0.6 is 0 Å². The molecule has 0 bridgehead atoms. The largest absolute Gasteiger partial charge is 0.369 e. The van der Waals surface area contributed by atoms with Crippen molar-refractivity contribution in [2.45, 2.75) is 6.92 Å². The highest BCUT2D eigenvalue weighted by atomic mass is 15.0. The number of nitrogens with one attached hydrogen (secondary N) is 2. The Labute approximate surface area is 48.1 Å². The van der Waals surface area contributed by atoms with Gasteiger partial charge in [-0.1, -0.05) is 0 Å². The summed E-state index contributed by atoms with van der Waals surface area (Å²) >= 11 is 0. The molecule has 44 valence electrons. The quantitative estimate of drug-likeness (QED) is 0.593. The fourth-order valence-electron chi connectivity index (χ4n) is 0.538. The smallest absolute Gasteiger partial charge is 0.143 e. The third-order valence-corrected chi connectivity index (χ3v) is 0.856. The van der Waals surface area contributed by atoms with E-state index in [1.807, 2.05) is 13.1 Å². The Morgan fingerprint density at radius 1 is 1.88 bits per heavy atom. The molecular weight excluding hydrogens is 102 g/mol. The van der Waals surface area contributed by atoms with E-state index >= 15 is 0 Å². The zero-order valence-corrected chi connectivity index (χ0v) is 4.81. The summed E-state index contributed by atoms with van der Waals surface area (Å²) < 4.78 is 0. The third kappa shape index (κ3) is 0.992. The molecule has 0 saturated heterocycles. The average molecular weight is 111 g/mol. The summed E-state index contributed by atoms with van der Waals surface area (Å²) in [5, 5.41) is 3.05. The molecule has 1 aromatic heterocycles. The molecule has 3 heteroatoms. The van der Waals surface area contributed by atoms with Gasteiger partial charge < -0.3 is 10.3 Å². The molecule has 1 rings (SSSR count). The molecule has 1 aromatic rings. The van der Waals surface area contributed by atoms with Crippen LogP contribution in [0, 0.1) is 0 Å². The minimum Gasteiger partial charge on any atom is -0.369 e. The van der Waals surface area contributed by atoms with Gasteiger partial charge in [-0.2, -0.15) is 0 Å². The number of anilines is 1. The summed E-state index contributed by atoms with van der Waals surface area (Å²) in [5.74, 6) is 0.910. The number of aromatic amines is 1. The van der Waals surface area contributed by atoms with E-state index < -0.39 is 0 Å². The molecule has 0 amide bonds. The first-order valence-electron chi connectivity index (χ1n) is 2.66. The van der Waals surface area contributed by atoms with Gasteiger partial charge in [0.1, 0.15) is 5.82 Å². The lowest BCUT2D eigenvalue weighted by Crippen LogP contribution is -1.95. The van der Waals surface area contributed by atoms with Crippen molar-refractivity contribution < 1.29 is 0 Å². The van der Waals surface area contributed by atoms with E-state index in [0.29, 0.717) is 0 Å². The Morgan fingerprint density at radius 2 is 2.75 bits per heavy atom. The predicted molar refractivity (Wildman–Crippen MR) is 32.8 cm³/mol. The Balaban J connectivity index is 2.50. The van der Waals surface area contributed by atoms with E-state index in [1.165, 1.54) is 0 Å². The van der Waals surface area contributed by atoms with Gasteiger partial charge >= 0.3 is 0 Å². The molecule has 0 radical (unpaired) electrons. The molecule has 2 N–H and O–H groups in total. The fourth-order valence-corrected chi connectivity index (χ4v) is 0.538. The third-order valence-electron chi connectivity index (χ3n) is 0.856. The number of imidazole rings is 1. The SMILES string of the molecule is CCNc1c[nH]cn1. The minimum absolute atomic E-state index is 0.910. The van der Waals surface area contributed by atoms with Crippen LogP contribution < -0.4 is 5.32 Å². The lowest BCUT2D eigenvalue weighted by atomic mass is 10.7. The number of H-pyrrole nitrogens is 1. The lowest BCUT2D eigenvalue weighted by Gasteiger charge is -1.91. The van der Waals surface area contributed by atoms with E-state index in [9.17, 15) is 0 Å². The minimum atomic E-state index is 0.910. The lowest BCUT2D eigenvalue weighted by molar-refractivity contribution is 1.18. The van der Waals surface area contributed by atoms with Crippen molar-refractivity contribution in [3.63, 3.8) is 0 Å². The molecule has 0 aromatic carbocycles. The van der Waals surface area contributed by atoms with Gasteiger partial charge in [-0.15, -0.1) is 0 Å². The van der Waals surface area contributed by atoms with Crippen molar-refractivity contribution in [3.05, 3.63) is 12.5 Å². The fraction of sp³-hybridized carbons (Fsp3) is 0.400. The van der Waals surface area contributed by atoms with Gasteiger partial charge in [-0.25, -0.2) is 4.98 Å². The number of hydrogen-bond donors (Lipinski definition) is 2. The zero-order chi connectivity index (χ0) is 5.82. The van der Waals surface area contributed by atoms with E-state index in [4.69, 9.17) is 0 Å². The Hall–Kier alpha value is -0.990. The molecule has 0 atom stereocenters. The van der Waals surface area contributed by atoms with Crippen LogP contribution in [0.1, 0.15) is 6.92 Å². The first kappa shape index (κ1) is 5.15. The first-order chi connectivity index (χ1) is 3.93. The monoisotopic (exact) mass is 111 g/mol. The van der Waals surface area contributed by atoms with Crippen LogP contribution in [0.5, 0.6) is 0 Å². The van der Waals surface area contributed by atoms with Crippen molar-refractivity contribution in [1.29, 1.82) is 0 Å². The van der Waals surface area contributed by atoms with E-state index in [2.05, 4.69) is 15.3 Å². The Bertz CT molecular complexity index is 133. The van der Waals surface area contributed by atoms with Crippen molar-refractivity contribution in [2.75, 3.05) is 11.9 Å². The van der Waals surface area contributed by atoms with Crippen LogP contribution in [0.3, 0.4) is 0 Å². The van der Waals surface area contributed by atoms with Crippen molar-refractivity contribution >= 4 is 5.82 Å². The summed E-state index contributed by atoms with van der Waals surface area (Å²) in [6.07, 6.45) is 3.47. The summed E-state index contributed by atoms with van der Waals surface area (Å²) in [4.78, 5) is 6.78. The van der Waals surface area contributed by atoms with E-state index in [0.717, 1.165) is 12.4 Å². The average Bonchev–Trinajstić information content (AvgIpc) is 2.19. The second-order valence-corrected chi connectivity index (χ2v) is 1.48. The normalized spacial score (nSPS) is 9.12. The molecule has 1 heterocycles. The Kier molecular flexibility index (Phi) is 1.51. The van der Waals surface area contributed by atoms with Crippen LogP contribution in [0.25, 0.3) is 0 Å². The van der Waals surface area contributed by atoms with E-state index in [-0.39, 0.29) is 0 Å². The van der Waals surface area contributed by atoms with Gasteiger partial charge in [0.25, 0.3) is 0 Å². The summed E-state index contributed by atoms with van der Waals surface area (Å²) in [5.41, 5.74) is 0. The van der Waals surface area contributed by atoms with Crippen LogP contribution in [-0.2, 0) is 0 Å². The molecule has 3 nitrogen and oxygen atoms in total. The zero-order valence-electron chi connectivity index (χ0n) is 4.81. The van der Waals surface area contributed by atoms with Gasteiger partial charge in [-0.3, -0.25) is 0 Å². The van der Waals surface area contributed by atoms with Gasteiger partial charge in [-0.05, 0) is 6.92 Å². The highest BCUT2D eigenvalue weighted by Crippen LogP contribution is 1.94. The molecule has 0 fully saturated rings. The van der Waals surface area contributed by atoms with Crippen LogP contribution in [0.4, 0.5) is 5.82 Å². The first-order valence-corrected chi connectivity index (χ1v) is 2.66. The summed E-state index contributed by atoms with van der Waals surface area (Å²) in [7, 11) is 0. The van der Waals surface area contributed by atoms with E-state index in [1.54, 1.807) is 6.33 Å². The molecule has 0 aliphatic carbocycles. The summed E-state index contributed by atoms with van der Waals surface area (Å²) in [6.45, 7) is 2.96. The standard InChI is InChI=1S/C5H9N3/c1-2-7-5-3-6-4-8-5/h3-4,7H,2H2,1H3,(H,6,8). The van der Waals surface area contributed by atoms with Gasteiger partial charge in [0.2, 0.25) is 0 Å². The molecular formula is C5H9N3. The number of hydrogen-bond acceptors (Lipinski definition) is 2.